The average molecular weight is 722 g/mol. The summed E-state index contributed by atoms with van der Waals surface area (Å²) in [6.45, 7) is 4.85. The van der Waals surface area contributed by atoms with Crippen molar-refractivity contribution < 1.29 is 24.5 Å². The molecule has 0 spiro atoms. The summed E-state index contributed by atoms with van der Waals surface area (Å²) in [7, 11) is 0. The summed E-state index contributed by atoms with van der Waals surface area (Å²) in [5, 5.41) is 23.1. The minimum Gasteiger partial charge on any atom is -0.466 e. The molecule has 0 heterocycles. The molecule has 3 N–H and O–H groups in total. The van der Waals surface area contributed by atoms with Crippen LogP contribution in [0.3, 0.4) is 0 Å². The molecular formula is C45H87NO5. The molecule has 2 unspecified atom stereocenters. The highest BCUT2D eigenvalue weighted by atomic mass is 16.5. The third-order valence-electron chi connectivity index (χ3n) is 10.3. The average Bonchev–Trinajstić information content (AvgIpc) is 3.13. The maximum Gasteiger partial charge on any atom is 0.305 e. The molecule has 0 aromatic carbocycles. The highest BCUT2D eigenvalue weighted by molar-refractivity contribution is 5.76. The van der Waals surface area contributed by atoms with Crippen molar-refractivity contribution in [2.75, 3.05) is 13.2 Å². The first-order valence-electron chi connectivity index (χ1n) is 22.4. The van der Waals surface area contributed by atoms with E-state index in [0.29, 0.717) is 25.9 Å². The molecule has 0 radical (unpaired) electrons. The lowest BCUT2D eigenvalue weighted by Gasteiger charge is -2.22. The minimum atomic E-state index is -0.692. The normalized spacial score (nSPS) is 12.8. The van der Waals surface area contributed by atoms with Crippen LogP contribution in [0.5, 0.6) is 0 Å². The van der Waals surface area contributed by atoms with E-state index in [-0.39, 0.29) is 18.5 Å². The summed E-state index contributed by atoms with van der Waals surface area (Å²) >= 11 is 0. The third-order valence-corrected chi connectivity index (χ3v) is 10.3. The number of ether oxygens (including phenoxy) is 1. The highest BCUT2D eigenvalue weighted by Gasteiger charge is 2.19. The largest absolute Gasteiger partial charge is 0.466 e. The van der Waals surface area contributed by atoms with Gasteiger partial charge in [0, 0.05) is 12.8 Å². The van der Waals surface area contributed by atoms with Crippen LogP contribution in [0.2, 0.25) is 0 Å². The zero-order chi connectivity index (χ0) is 37.3. The molecule has 1 amide bonds. The van der Waals surface area contributed by atoms with Gasteiger partial charge in [0.25, 0.3) is 0 Å². The molecule has 2 atom stereocenters. The molecule has 0 bridgehead atoms. The van der Waals surface area contributed by atoms with Gasteiger partial charge in [-0.1, -0.05) is 193 Å². The van der Waals surface area contributed by atoms with Gasteiger partial charge in [-0.25, -0.2) is 0 Å². The van der Waals surface area contributed by atoms with E-state index in [9.17, 15) is 19.8 Å². The summed E-state index contributed by atoms with van der Waals surface area (Å²) in [6.07, 6.45) is 44.5. The Bertz CT molecular complexity index is 757. The molecule has 0 aromatic rings. The van der Waals surface area contributed by atoms with Gasteiger partial charge < -0.3 is 20.3 Å². The van der Waals surface area contributed by atoms with Crippen LogP contribution in [-0.2, 0) is 14.3 Å². The first-order chi connectivity index (χ1) is 25.0. The predicted octanol–water partition coefficient (Wildman–Crippen LogP) is 12.6. The maximum atomic E-state index is 12.4. The van der Waals surface area contributed by atoms with Gasteiger partial charge in [-0.05, 0) is 44.9 Å². The number of esters is 1. The molecule has 51 heavy (non-hydrogen) atoms. The minimum absolute atomic E-state index is 0.0354. The van der Waals surface area contributed by atoms with E-state index in [1.54, 1.807) is 0 Å². The number of nitrogens with one attached hydrogen (secondary N) is 1. The van der Waals surface area contributed by atoms with Crippen LogP contribution < -0.4 is 5.32 Å². The van der Waals surface area contributed by atoms with E-state index in [1.807, 2.05) is 0 Å². The van der Waals surface area contributed by atoms with Crippen LogP contribution in [0, 0.1) is 0 Å². The summed E-state index contributed by atoms with van der Waals surface area (Å²) in [5.41, 5.74) is 0. The SMILES string of the molecule is CCCCCCCCCCCCCCCC(O)C(CO)NC(=O)CCC/C=C\CCCCCCOC(=O)CCCCCCCCCCCCCC. The van der Waals surface area contributed by atoms with Gasteiger partial charge >= 0.3 is 5.97 Å². The Kier molecular flexibility index (Phi) is 40.2. The van der Waals surface area contributed by atoms with Crippen molar-refractivity contribution in [1.82, 2.24) is 5.32 Å². The highest BCUT2D eigenvalue weighted by Crippen LogP contribution is 2.15. The topological polar surface area (TPSA) is 95.9 Å². The lowest BCUT2D eigenvalue weighted by atomic mass is 10.0. The molecule has 0 fully saturated rings. The number of allylic oxidation sites excluding steroid dienone is 2. The zero-order valence-electron chi connectivity index (χ0n) is 34.1. The Balaban J connectivity index is 3.56. The van der Waals surface area contributed by atoms with Gasteiger partial charge in [-0.2, -0.15) is 0 Å². The van der Waals surface area contributed by atoms with Crippen LogP contribution in [0.4, 0.5) is 0 Å². The van der Waals surface area contributed by atoms with Gasteiger partial charge in [-0.15, -0.1) is 0 Å². The predicted molar refractivity (Wildman–Crippen MR) is 218 cm³/mol. The van der Waals surface area contributed by atoms with Gasteiger partial charge in [0.1, 0.15) is 0 Å². The lowest BCUT2D eigenvalue weighted by Crippen LogP contribution is -2.45. The fourth-order valence-corrected chi connectivity index (χ4v) is 6.82. The number of amides is 1. The van der Waals surface area contributed by atoms with E-state index in [1.165, 1.54) is 135 Å². The van der Waals surface area contributed by atoms with Crippen LogP contribution in [-0.4, -0.2) is 47.4 Å². The monoisotopic (exact) mass is 722 g/mol. The summed E-state index contributed by atoms with van der Waals surface area (Å²) in [6, 6.07) is -0.576. The van der Waals surface area contributed by atoms with Crippen molar-refractivity contribution >= 4 is 11.9 Å². The number of unbranched alkanes of at least 4 members (excludes halogenated alkanes) is 28. The molecule has 6 nitrogen and oxygen atoms in total. The maximum absolute atomic E-state index is 12.4. The molecule has 0 aliphatic rings. The molecule has 0 aliphatic carbocycles. The molecule has 0 saturated carbocycles. The number of hydrogen-bond acceptors (Lipinski definition) is 5. The second-order valence-electron chi connectivity index (χ2n) is 15.4. The first kappa shape index (κ1) is 49.6. The lowest BCUT2D eigenvalue weighted by molar-refractivity contribution is -0.143. The Morgan fingerprint density at radius 3 is 1.43 bits per heavy atom. The number of aliphatic hydroxyl groups excluding tert-OH is 2. The zero-order valence-corrected chi connectivity index (χ0v) is 34.1. The first-order valence-corrected chi connectivity index (χ1v) is 22.4. The second kappa shape index (κ2) is 41.4. The summed E-state index contributed by atoms with van der Waals surface area (Å²) in [4.78, 5) is 24.3. The van der Waals surface area contributed by atoms with E-state index in [0.717, 1.165) is 70.6 Å². The fraction of sp³-hybridized carbons (Fsp3) is 0.911. The van der Waals surface area contributed by atoms with Crippen molar-refractivity contribution in [3.8, 4) is 0 Å². The fourth-order valence-electron chi connectivity index (χ4n) is 6.82. The molecule has 0 saturated heterocycles. The van der Waals surface area contributed by atoms with Crippen molar-refractivity contribution in [2.45, 2.75) is 251 Å². The summed E-state index contributed by atoms with van der Waals surface area (Å²) in [5.74, 6) is -0.131. The van der Waals surface area contributed by atoms with Crippen LogP contribution >= 0.6 is 0 Å². The van der Waals surface area contributed by atoms with Crippen molar-refractivity contribution in [1.29, 1.82) is 0 Å². The molecule has 0 rings (SSSR count). The number of rotatable bonds is 41. The third kappa shape index (κ3) is 38.1. The second-order valence-corrected chi connectivity index (χ2v) is 15.4. The Labute approximate surface area is 317 Å². The number of carbonyl (C=O) groups excluding carboxylic acids is 2. The molecule has 6 heteroatoms. The number of carbonyl (C=O) groups is 2. The Hall–Kier alpha value is -1.40. The van der Waals surface area contributed by atoms with Gasteiger partial charge in [-0.3, -0.25) is 9.59 Å². The van der Waals surface area contributed by atoms with Gasteiger partial charge in [0.2, 0.25) is 5.91 Å². The smallest absolute Gasteiger partial charge is 0.305 e. The Morgan fingerprint density at radius 2 is 0.941 bits per heavy atom. The molecule has 0 aliphatic heterocycles. The van der Waals surface area contributed by atoms with Crippen molar-refractivity contribution in [3.05, 3.63) is 12.2 Å². The van der Waals surface area contributed by atoms with E-state index in [2.05, 4.69) is 31.3 Å². The Morgan fingerprint density at radius 1 is 0.529 bits per heavy atom. The van der Waals surface area contributed by atoms with E-state index >= 15 is 0 Å². The van der Waals surface area contributed by atoms with Crippen LogP contribution in [0.1, 0.15) is 239 Å². The van der Waals surface area contributed by atoms with Crippen molar-refractivity contribution in [3.63, 3.8) is 0 Å². The molecular weight excluding hydrogens is 634 g/mol. The molecule has 302 valence electrons. The van der Waals surface area contributed by atoms with Gasteiger partial charge in [0.05, 0.1) is 25.4 Å². The molecule has 0 aromatic heterocycles. The van der Waals surface area contributed by atoms with E-state index < -0.39 is 12.1 Å². The van der Waals surface area contributed by atoms with Crippen LogP contribution in [0.25, 0.3) is 0 Å². The standard InChI is InChI=1S/C45H87NO5/c1-3-5-7-9-11-13-15-17-18-21-25-29-33-37-43(48)42(41-47)46-44(49)38-34-30-26-22-20-24-28-32-36-40-51-45(50)39-35-31-27-23-19-16-14-12-10-8-6-4-2/h22,26,42-43,47-48H,3-21,23-25,27-41H2,1-2H3,(H,46,49)/b26-22-. The number of hydrogen-bond donors (Lipinski definition) is 3. The van der Waals surface area contributed by atoms with E-state index in [4.69, 9.17) is 4.74 Å². The van der Waals surface area contributed by atoms with Gasteiger partial charge in [0.15, 0.2) is 0 Å². The van der Waals surface area contributed by atoms with Crippen LogP contribution in [0.15, 0.2) is 12.2 Å². The van der Waals surface area contributed by atoms with Crippen molar-refractivity contribution in [2.24, 2.45) is 0 Å². The number of aliphatic hydroxyl groups is 2. The summed E-state index contributed by atoms with van der Waals surface area (Å²) < 4.78 is 5.42. The quantitative estimate of drug-likeness (QED) is 0.0332.